The van der Waals surface area contributed by atoms with Crippen LogP contribution < -0.4 is 4.90 Å². The van der Waals surface area contributed by atoms with E-state index in [1.807, 2.05) is 4.90 Å². The van der Waals surface area contributed by atoms with Crippen LogP contribution in [0.3, 0.4) is 0 Å². The van der Waals surface area contributed by atoms with Gasteiger partial charge in [0.15, 0.2) is 0 Å². The number of morpholine rings is 1. The van der Waals surface area contributed by atoms with Gasteiger partial charge >= 0.3 is 0 Å². The molecule has 0 aromatic carbocycles. The molecule has 1 atom stereocenters. The molecular weight excluding hydrogens is 324 g/mol. The molecule has 2 fully saturated rings. The van der Waals surface area contributed by atoms with E-state index in [0.717, 1.165) is 48.6 Å². The first-order chi connectivity index (χ1) is 11.6. The molecule has 1 unspecified atom stereocenters. The molecule has 2 aliphatic heterocycles. The van der Waals surface area contributed by atoms with E-state index in [2.05, 4.69) is 28.7 Å². The molecule has 0 radical (unpaired) electrons. The van der Waals surface area contributed by atoms with Gasteiger partial charge in [0.25, 0.3) is 0 Å². The zero-order chi connectivity index (χ0) is 16.7. The number of rotatable bonds is 2. The Morgan fingerprint density at radius 2 is 2.04 bits per heavy atom. The molecule has 0 bridgehead atoms. The summed E-state index contributed by atoms with van der Waals surface area (Å²) in [6, 6.07) is 0. The average Bonchev–Trinajstić information content (AvgIpc) is 3.21. The molecule has 128 valence electrons. The molecule has 0 spiro atoms. The topological polar surface area (TPSA) is 58.6 Å². The molecule has 0 N–H and O–H groups in total. The van der Waals surface area contributed by atoms with Crippen molar-refractivity contribution in [2.24, 2.45) is 5.92 Å². The van der Waals surface area contributed by atoms with E-state index in [0.29, 0.717) is 13.2 Å². The van der Waals surface area contributed by atoms with E-state index in [9.17, 15) is 4.79 Å². The predicted octanol–water partition coefficient (Wildman–Crippen LogP) is 1.99. The second-order valence-electron chi connectivity index (χ2n) is 6.53. The maximum absolute atomic E-state index is 12.7. The summed E-state index contributed by atoms with van der Waals surface area (Å²) in [6.07, 6.45) is 2.54. The van der Waals surface area contributed by atoms with Crippen LogP contribution in [0.4, 0.5) is 5.82 Å². The maximum Gasteiger partial charge on any atom is 0.227 e. The lowest BCUT2D eigenvalue weighted by atomic mass is 10.1. The summed E-state index contributed by atoms with van der Waals surface area (Å²) in [5, 5.41) is 1.15. The van der Waals surface area contributed by atoms with Crippen LogP contribution in [0.5, 0.6) is 0 Å². The highest BCUT2D eigenvalue weighted by atomic mass is 32.1. The number of amides is 1. The van der Waals surface area contributed by atoms with Crippen LogP contribution >= 0.6 is 11.3 Å². The largest absolute Gasteiger partial charge is 0.378 e. The number of hydrogen-bond donors (Lipinski definition) is 0. The van der Waals surface area contributed by atoms with E-state index in [4.69, 9.17) is 4.74 Å². The number of thiophene rings is 1. The van der Waals surface area contributed by atoms with Gasteiger partial charge in [-0.3, -0.25) is 4.79 Å². The lowest BCUT2D eigenvalue weighted by Gasteiger charge is -2.29. The van der Waals surface area contributed by atoms with Crippen LogP contribution in [0, 0.1) is 19.8 Å². The number of carbonyl (C=O) groups is 1. The van der Waals surface area contributed by atoms with E-state index in [1.165, 1.54) is 10.4 Å². The number of anilines is 1. The molecule has 2 aromatic rings. The lowest BCUT2D eigenvalue weighted by Crippen LogP contribution is -2.44. The summed E-state index contributed by atoms with van der Waals surface area (Å²) >= 11 is 1.71. The van der Waals surface area contributed by atoms with Gasteiger partial charge in [0.1, 0.15) is 17.0 Å². The Kier molecular flexibility index (Phi) is 4.14. The molecule has 0 aliphatic carbocycles. The fourth-order valence-electron chi connectivity index (χ4n) is 3.60. The number of hydrogen-bond acceptors (Lipinski definition) is 6. The van der Waals surface area contributed by atoms with Gasteiger partial charge in [-0.15, -0.1) is 11.3 Å². The summed E-state index contributed by atoms with van der Waals surface area (Å²) in [6.45, 7) is 8.63. The third-order valence-electron chi connectivity index (χ3n) is 5.11. The zero-order valence-corrected chi connectivity index (χ0v) is 14.9. The fourth-order valence-corrected chi connectivity index (χ4v) is 4.59. The van der Waals surface area contributed by atoms with Crippen molar-refractivity contribution in [1.82, 2.24) is 14.9 Å². The standard InChI is InChI=1S/C17H22N4O2S/c1-11-12(2)24-16-14(11)15(18-10-19-16)21-4-3-13(9-21)17(22)20-5-7-23-8-6-20/h10,13H,3-9H2,1-2H3. The Labute approximate surface area is 145 Å². The van der Waals surface area contributed by atoms with Crippen molar-refractivity contribution in [2.75, 3.05) is 44.3 Å². The van der Waals surface area contributed by atoms with Crippen molar-refractivity contribution in [1.29, 1.82) is 0 Å². The van der Waals surface area contributed by atoms with Crippen molar-refractivity contribution in [3.8, 4) is 0 Å². The molecule has 0 saturated carbocycles. The second-order valence-corrected chi connectivity index (χ2v) is 7.73. The molecule has 2 aliphatic rings. The first-order valence-electron chi connectivity index (χ1n) is 8.47. The first kappa shape index (κ1) is 15.8. The zero-order valence-electron chi connectivity index (χ0n) is 14.1. The molecule has 24 heavy (non-hydrogen) atoms. The van der Waals surface area contributed by atoms with Crippen molar-refractivity contribution < 1.29 is 9.53 Å². The van der Waals surface area contributed by atoms with Crippen molar-refractivity contribution in [3.05, 3.63) is 16.8 Å². The summed E-state index contributed by atoms with van der Waals surface area (Å²) in [5.74, 6) is 1.32. The minimum Gasteiger partial charge on any atom is -0.378 e. The van der Waals surface area contributed by atoms with Gasteiger partial charge in [0.2, 0.25) is 5.91 Å². The smallest absolute Gasteiger partial charge is 0.227 e. The van der Waals surface area contributed by atoms with Gasteiger partial charge < -0.3 is 14.5 Å². The van der Waals surface area contributed by atoms with Crippen molar-refractivity contribution in [3.63, 3.8) is 0 Å². The van der Waals surface area contributed by atoms with Crippen LogP contribution in [0.2, 0.25) is 0 Å². The third-order valence-corrected chi connectivity index (χ3v) is 6.22. The normalized spacial score (nSPS) is 21.7. The highest BCUT2D eigenvalue weighted by molar-refractivity contribution is 7.18. The molecule has 1 amide bonds. The van der Waals surface area contributed by atoms with E-state index in [-0.39, 0.29) is 11.8 Å². The number of ether oxygens (including phenoxy) is 1. The summed E-state index contributed by atoms with van der Waals surface area (Å²) in [5.41, 5.74) is 1.26. The van der Waals surface area contributed by atoms with Crippen LogP contribution in [0.15, 0.2) is 6.33 Å². The fraction of sp³-hybridized carbons (Fsp3) is 0.588. The van der Waals surface area contributed by atoms with Crippen molar-refractivity contribution in [2.45, 2.75) is 20.3 Å². The Bertz CT molecular complexity index is 769. The predicted molar refractivity (Wildman–Crippen MR) is 94.6 cm³/mol. The minimum absolute atomic E-state index is 0.0631. The van der Waals surface area contributed by atoms with Crippen LogP contribution in [0.1, 0.15) is 16.9 Å². The van der Waals surface area contributed by atoms with E-state index in [1.54, 1.807) is 17.7 Å². The summed E-state index contributed by atoms with van der Waals surface area (Å²) in [4.78, 5) is 28.2. The van der Waals surface area contributed by atoms with Gasteiger partial charge in [0.05, 0.1) is 24.5 Å². The van der Waals surface area contributed by atoms with Gasteiger partial charge in [-0.05, 0) is 25.8 Å². The van der Waals surface area contributed by atoms with Crippen molar-refractivity contribution >= 4 is 33.3 Å². The average molecular weight is 346 g/mol. The molecular formula is C17H22N4O2S. The first-order valence-corrected chi connectivity index (χ1v) is 9.29. The third kappa shape index (κ3) is 2.65. The van der Waals surface area contributed by atoms with Gasteiger partial charge in [-0.25, -0.2) is 9.97 Å². The highest BCUT2D eigenvalue weighted by Gasteiger charge is 2.33. The Morgan fingerprint density at radius 3 is 2.83 bits per heavy atom. The molecule has 4 heterocycles. The summed E-state index contributed by atoms with van der Waals surface area (Å²) in [7, 11) is 0. The number of aryl methyl sites for hydroxylation is 2. The van der Waals surface area contributed by atoms with Gasteiger partial charge in [-0.1, -0.05) is 0 Å². The SMILES string of the molecule is Cc1sc2ncnc(N3CCC(C(=O)N4CCOCC4)C3)c2c1C. The van der Waals surface area contributed by atoms with E-state index < -0.39 is 0 Å². The highest BCUT2D eigenvalue weighted by Crippen LogP contribution is 2.36. The maximum atomic E-state index is 12.7. The molecule has 2 aromatic heterocycles. The molecule has 7 heteroatoms. The van der Waals surface area contributed by atoms with Crippen LogP contribution in [-0.4, -0.2) is 60.2 Å². The monoisotopic (exact) mass is 346 g/mol. The van der Waals surface area contributed by atoms with Crippen LogP contribution in [0.25, 0.3) is 10.2 Å². The number of carbonyl (C=O) groups excluding carboxylic acids is 1. The van der Waals surface area contributed by atoms with Gasteiger partial charge in [-0.2, -0.15) is 0 Å². The van der Waals surface area contributed by atoms with Gasteiger partial charge in [0, 0.05) is 31.1 Å². The summed E-state index contributed by atoms with van der Waals surface area (Å²) < 4.78 is 5.35. The molecule has 2 saturated heterocycles. The quantitative estimate of drug-likeness (QED) is 0.832. The molecule has 6 nitrogen and oxygen atoms in total. The number of nitrogens with zero attached hydrogens (tertiary/aromatic N) is 4. The Balaban J connectivity index is 1.56. The Morgan fingerprint density at radius 1 is 1.25 bits per heavy atom. The minimum atomic E-state index is 0.0631. The van der Waals surface area contributed by atoms with Crippen LogP contribution in [-0.2, 0) is 9.53 Å². The number of fused-ring (bicyclic) bond motifs is 1. The van der Waals surface area contributed by atoms with E-state index >= 15 is 0 Å². The number of aromatic nitrogens is 2. The second kappa shape index (κ2) is 6.29. The Hall–Kier alpha value is -1.73. The lowest BCUT2D eigenvalue weighted by molar-refractivity contribution is -0.138. The molecule has 4 rings (SSSR count).